The Kier molecular flexibility index (Phi) is 6.57. The first-order valence-corrected chi connectivity index (χ1v) is 14.5. The fraction of sp³-hybridized carbons (Fsp3) is 0.375. The number of aromatic nitrogens is 4. The van der Waals surface area contributed by atoms with Gasteiger partial charge in [0.15, 0.2) is 0 Å². The summed E-state index contributed by atoms with van der Waals surface area (Å²) in [5.41, 5.74) is 6.45. The van der Waals surface area contributed by atoms with Crippen LogP contribution in [0.2, 0.25) is 0 Å². The summed E-state index contributed by atoms with van der Waals surface area (Å²) in [6.45, 7) is 0.428. The fourth-order valence-electron chi connectivity index (χ4n) is 6.44. The van der Waals surface area contributed by atoms with Gasteiger partial charge in [0.25, 0.3) is 5.91 Å². The van der Waals surface area contributed by atoms with E-state index in [1.807, 2.05) is 48.8 Å². The number of rotatable bonds is 8. The number of hydrogen-bond donors (Lipinski definition) is 1. The lowest BCUT2D eigenvalue weighted by molar-refractivity contribution is -0.136. The van der Waals surface area contributed by atoms with E-state index in [4.69, 9.17) is 4.98 Å². The molecule has 9 nitrogen and oxygen atoms in total. The van der Waals surface area contributed by atoms with Crippen LogP contribution in [-0.2, 0) is 22.6 Å². The molecule has 2 aromatic carbocycles. The van der Waals surface area contributed by atoms with E-state index in [1.165, 1.54) is 6.42 Å². The van der Waals surface area contributed by atoms with Crippen LogP contribution in [0, 0.1) is 5.92 Å². The average Bonchev–Trinajstić information content (AvgIpc) is 3.57. The summed E-state index contributed by atoms with van der Waals surface area (Å²) in [6, 6.07) is 13.9. The summed E-state index contributed by atoms with van der Waals surface area (Å²) >= 11 is 0. The number of piperidine rings is 1. The van der Waals surface area contributed by atoms with Gasteiger partial charge in [0.05, 0.1) is 35.2 Å². The topological polar surface area (TPSA) is 110 Å². The standard InChI is InChI=1S/C32H32N6O3/c39-30-12-11-29(31(40)36-30)37-18-22-10-9-20(15-25(22)32(37)41)5-1-2-6-21-13-24(14-21)38-19-23(16-34-38)28-17-33-26-7-3-4-8-27(26)35-28/h3-4,7-10,15-17,19,21,24,29H,1-2,5-6,11-14,18H2,(H,36,39,40). The van der Waals surface area contributed by atoms with Crippen molar-refractivity contribution < 1.29 is 14.4 Å². The van der Waals surface area contributed by atoms with Crippen molar-refractivity contribution in [1.82, 2.24) is 30.0 Å². The highest BCUT2D eigenvalue weighted by Crippen LogP contribution is 2.41. The zero-order valence-corrected chi connectivity index (χ0v) is 22.8. The van der Waals surface area contributed by atoms with Gasteiger partial charge in [-0.3, -0.25) is 29.4 Å². The molecule has 1 saturated heterocycles. The summed E-state index contributed by atoms with van der Waals surface area (Å²) in [7, 11) is 0. The number of imide groups is 1. The maximum Gasteiger partial charge on any atom is 0.255 e. The highest BCUT2D eigenvalue weighted by molar-refractivity contribution is 6.05. The first-order valence-electron chi connectivity index (χ1n) is 14.5. The molecule has 3 amide bonds. The van der Waals surface area contributed by atoms with E-state index < -0.39 is 6.04 Å². The predicted molar refractivity (Wildman–Crippen MR) is 153 cm³/mol. The highest BCUT2D eigenvalue weighted by Gasteiger charge is 2.39. The van der Waals surface area contributed by atoms with Crippen molar-refractivity contribution in [3.05, 3.63) is 77.7 Å². The van der Waals surface area contributed by atoms with Gasteiger partial charge in [0.2, 0.25) is 11.8 Å². The predicted octanol–water partition coefficient (Wildman–Crippen LogP) is 4.62. The van der Waals surface area contributed by atoms with Crippen molar-refractivity contribution in [3.63, 3.8) is 0 Å². The monoisotopic (exact) mass is 548 g/mol. The van der Waals surface area contributed by atoms with Crippen LogP contribution < -0.4 is 5.32 Å². The Balaban J connectivity index is 0.873. The molecule has 3 aliphatic rings. The average molecular weight is 549 g/mol. The first-order chi connectivity index (χ1) is 20.0. The third kappa shape index (κ3) is 5.01. The maximum absolute atomic E-state index is 13.1. The number of nitrogens with one attached hydrogen (secondary N) is 1. The van der Waals surface area contributed by atoms with Gasteiger partial charge in [-0.2, -0.15) is 5.10 Å². The Morgan fingerprint density at radius 3 is 2.68 bits per heavy atom. The van der Waals surface area contributed by atoms with Crippen molar-refractivity contribution in [1.29, 1.82) is 0 Å². The molecule has 0 radical (unpaired) electrons. The largest absolute Gasteiger partial charge is 0.322 e. The van der Waals surface area contributed by atoms with E-state index in [9.17, 15) is 14.4 Å². The molecule has 2 aromatic heterocycles. The van der Waals surface area contributed by atoms with Crippen molar-refractivity contribution in [2.24, 2.45) is 5.92 Å². The van der Waals surface area contributed by atoms with E-state index in [1.54, 1.807) is 4.90 Å². The number of fused-ring (bicyclic) bond motifs is 2. The molecule has 9 heteroatoms. The number of amides is 3. The molecule has 7 rings (SSSR count). The second kappa shape index (κ2) is 10.5. The number of para-hydroxylation sites is 2. The molecule has 4 aromatic rings. The van der Waals surface area contributed by atoms with Gasteiger partial charge in [-0.05, 0) is 67.3 Å². The van der Waals surface area contributed by atoms with Gasteiger partial charge in [-0.1, -0.05) is 37.1 Å². The fourth-order valence-corrected chi connectivity index (χ4v) is 6.44. The van der Waals surface area contributed by atoms with E-state index in [2.05, 4.69) is 32.3 Å². The second-order valence-electron chi connectivity index (χ2n) is 11.6. The van der Waals surface area contributed by atoms with E-state index in [-0.39, 0.29) is 24.1 Å². The molecule has 2 fully saturated rings. The minimum absolute atomic E-state index is 0.105. The summed E-state index contributed by atoms with van der Waals surface area (Å²) < 4.78 is 2.09. The Labute approximate surface area is 238 Å². The molecular weight excluding hydrogens is 516 g/mol. The zero-order chi connectivity index (χ0) is 27.9. The molecule has 1 saturated carbocycles. The van der Waals surface area contributed by atoms with Crippen LogP contribution in [0.1, 0.15) is 72.5 Å². The quantitative estimate of drug-likeness (QED) is 0.254. The lowest BCUT2D eigenvalue weighted by Gasteiger charge is -2.35. The van der Waals surface area contributed by atoms with Crippen LogP contribution in [0.5, 0.6) is 0 Å². The highest BCUT2D eigenvalue weighted by atomic mass is 16.2. The minimum Gasteiger partial charge on any atom is -0.322 e. The van der Waals surface area contributed by atoms with Crippen molar-refractivity contribution in [2.45, 2.75) is 70.0 Å². The Bertz CT molecular complexity index is 1660. The van der Waals surface area contributed by atoms with Crippen LogP contribution in [0.15, 0.2) is 61.1 Å². The lowest BCUT2D eigenvalue weighted by Crippen LogP contribution is -2.52. The molecule has 1 atom stereocenters. The smallest absolute Gasteiger partial charge is 0.255 e. The van der Waals surface area contributed by atoms with Crippen molar-refractivity contribution >= 4 is 28.8 Å². The van der Waals surface area contributed by atoms with Gasteiger partial charge in [-0.25, -0.2) is 4.98 Å². The number of unbranched alkanes of at least 4 members (excludes halogenated alkanes) is 1. The van der Waals surface area contributed by atoms with Gasteiger partial charge < -0.3 is 4.90 Å². The Morgan fingerprint density at radius 2 is 1.83 bits per heavy atom. The van der Waals surface area contributed by atoms with Gasteiger partial charge in [0, 0.05) is 30.3 Å². The maximum atomic E-state index is 13.1. The van der Waals surface area contributed by atoms with Crippen LogP contribution in [0.25, 0.3) is 22.3 Å². The summed E-state index contributed by atoms with van der Waals surface area (Å²) in [5, 5.41) is 6.98. The summed E-state index contributed by atoms with van der Waals surface area (Å²) in [6.07, 6.45) is 13.1. The SMILES string of the molecule is O=C1CCC(N2Cc3ccc(CCCCC4CC(n5cc(-c6cnc7ccccc7n6)cn5)C4)cc3C2=O)C(=O)N1. The number of carbonyl (C=O) groups excluding carboxylic acids is 3. The van der Waals surface area contributed by atoms with Crippen molar-refractivity contribution in [3.8, 4) is 11.3 Å². The molecule has 1 unspecified atom stereocenters. The lowest BCUT2D eigenvalue weighted by atomic mass is 9.77. The van der Waals surface area contributed by atoms with E-state index in [0.29, 0.717) is 24.6 Å². The number of aryl methyl sites for hydroxylation is 1. The number of nitrogens with zero attached hydrogens (tertiary/aromatic N) is 5. The Morgan fingerprint density at radius 1 is 0.976 bits per heavy atom. The molecule has 0 bridgehead atoms. The molecular formula is C32H32N6O3. The third-order valence-electron chi connectivity index (χ3n) is 8.85. The van der Waals surface area contributed by atoms with Gasteiger partial charge >= 0.3 is 0 Å². The minimum atomic E-state index is -0.567. The van der Waals surface area contributed by atoms with Crippen LogP contribution in [0.3, 0.4) is 0 Å². The van der Waals surface area contributed by atoms with Crippen LogP contribution in [0.4, 0.5) is 0 Å². The molecule has 41 heavy (non-hydrogen) atoms. The molecule has 0 spiro atoms. The number of benzene rings is 2. The van der Waals surface area contributed by atoms with Gasteiger partial charge in [-0.15, -0.1) is 0 Å². The van der Waals surface area contributed by atoms with E-state index >= 15 is 0 Å². The Hall–Kier alpha value is -4.40. The summed E-state index contributed by atoms with van der Waals surface area (Å²) in [5.74, 6) is -0.0193. The normalized spacial score (nSPS) is 22.1. The van der Waals surface area contributed by atoms with Gasteiger partial charge in [0.1, 0.15) is 6.04 Å². The van der Waals surface area contributed by atoms with Crippen LogP contribution in [-0.4, -0.2) is 48.4 Å². The molecule has 208 valence electrons. The third-order valence-corrected chi connectivity index (χ3v) is 8.85. The number of hydrogen-bond acceptors (Lipinski definition) is 6. The second-order valence-corrected chi connectivity index (χ2v) is 11.6. The number of carbonyl (C=O) groups is 3. The molecule has 2 aliphatic heterocycles. The zero-order valence-electron chi connectivity index (χ0n) is 22.8. The van der Waals surface area contributed by atoms with E-state index in [0.717, 1.165) is 71.4 Å². The first kappa shape index (κ1) is 25.6. The van der Waals surface area contributed by atoms with Crippen LogP contribution >= 0.6 is 0 Å². The molecule has 4 heterocycles. The molecule has 1 N–H and O–H groups in total. The summed E-state index contributed by atoms with van der Waals surface area (Å²) in [4.78, 5) is 47.7. The van der Waals surface area contributed by atoms with Crippen molar-refractivity contribution in [2.75, 3.05) is 0 Å². The molecule has 1 aliphatic carbocycles.